The quantitative estimate of drug-likeness (QED) is 0.821. The maximum absolute atomic E-state index is 13.5. The number of nitrogens with one attached hydrogen (secondary N) is 1. The number of hydrogen-bond acceptors (Lipinski definition) is 2. The Kier molecular flexibility index (Phi) is 3.56. The van der Waals surface area contributed by atoms with E-state index in [9.17, 15) is 4.39 Å². The van der Waals surface area contributed by atoms with Gasteiger partial charge in [0.05, 0.1) is 0 Å². The number of halogens is 1. The fourth-order valence-electron chi connectivity index (χ4n) is 3.45. The van der Waals surface area contributed by atoms with Gasteiger partial charge in [0.1, 0.15) is 5.82 Å². The molecule has 1 aromatic carbocycles. The van der Waals surface area contributed by atoms with Gasteiger partial charge in [0.25, 0.3) is 0 Å². The number of benzene rings is 1. The lowest BCUT2D eigenvalue weighted by atomic mass is 9.88. The van der Waals surface area contributed by atoms with E-state index in [1.807, 2.05) is 12.1 Å². The van der Waals surface area contributed by atoms with Gasteiger partial charge in [-0.25, -0.2) is 4.39 Å². The van der Waals surface area contributed by atoms with Crippen LogP contribution in [-0.4, -0.2) is 31.1 Å². The topological polar surface area (TPSA) is 15.3 Å². The number of rotatable bonds is 2. The molecule has 0 aliphatic carbocycles. The zero-order valence-corrected chi connectivity index (χ0v) is 11.2. The van der Waals surface area contributed by atoms with Crippen LogP contribution in [0.5, 0.6) is 0 Å². The van der Waals surface area contributed by atoms with Crippen LogP contribution >= 0.6 is 0 Å². The highest BCUT2D eigenvalue weighted by Crippen LogP contribution is 2.38. The van der Waals surface area contributed by atoms with E-state index in [1.54, 1.807) is 12.1 Å². The Morgan fingerprint density at radius 3 is 3.21 bits per heavy atom. The van der Waals surface area contributed by atoms with Gasteiger partial charge in [-0.2, -0.15) is 0 Å². The van der Waals surface area contributed by atoms with Gasteiger partial charge in [0, 0.05) is 25.3 Å². The third-order valence-electron chi connectivity index (χ3n) is 4.35. The summed E-state index contributed by atoms with van der Waals surface area (Å²) in [5.41, 5.74) is 2.30. The summed E-state index contributed by atoms with van der Waals surface area (Å²) in [6, 6.07) is 5.17. The first-order valence-electron chi connectivity index (χ1n) is 7.13. The summed E-state index contributed by atoms with van der Waals surface area (Å²) < 4.78 is 13.5. The Balaban J connectivity index is 1.87. The molecule has 102 valence electrons. The average molecular weight is 260 g/mol. The van der Waals surface area contributed by atoms with Crippen LogP contribution in [-0.2, 0) is 0 Å². The fourth-order valence-corrected chi connectivity index (χ4v) is 3.45. The lowest BCUT2D eigenvalue weighted by molar-refractivity contribution is 0.278. The third kappa shape index (κ3) is 2.66. The second kappa shape index (κ2) is 5.33. The molecule has 0 aromatic heterocycles. The van der Waals surface area contributed by atoms with E-state index in [-0.39, 0.29) is 5.82 Å². The van der Waals surface area contributed by atoms with Crippen LogP contribution in [0.25, 0.3) is 0 Å². The van der Waals surface area contributed by atoms with E-state index >= 15 is 0 Å². The molecule has 0 radical (unpaired) electrons. The van der Waals surface area contributed by atoms with Crippen molar-refractivity contribution in [1.82, 2.24) is 4.90 Å². The number of fused-ring (bicyclic) bond motifs is 4. The predicted octanol–water partition coefficient (Wildman–Crippen LogP) is 3.23. The standard InChI is InChI=1S/C16H21FN2/c1-2-6-19-7-5-13-8-12(11-19)10-18-16-4-3-14(17)9-15(13)16/h2-4,9,12-13,18H,1,5-8,10-11H2. The summed E-state index contributed by atoms with van der Waals surface area (Å²) in [7, 11) is 0. The van der Waals surface area contributed by atoms with Crippen molar-refractivity contribution in [2.24, 2.45) is 5.92 Å². The zero-order chi connectivity index (χ0) is 13.2. The van der Waals surface area contributed by atoms with Crippen LogP contribution < -0.4 is 5.32 Å². The molecule has 2 heterocycles. The van der Waals surface area contributed by atoms with Crippen molar-refractivity contribution >= 4 is 5.69 Å². The van der Waals surface area contributed by atoms with Crippen molar-refractivity contribution in [3.63, 3.8) is 0 Å². The van der Waals surface area contributed by atoms with Crippen molar-refractivity contribution < 1.29 is 4.39 Å². The molecule has 2 nitrogen and oxygen atoms in total. The highest BCUT2D eigenvalue weighted by molar-refractivity contribution is 5.54. The molecule has 1 saturated heterocycles. The lowest BCUT2D eigenvalue weighted by Gasteiger charge is -2.23. The highest BCUT2D eigenvalue weighted by atomic mass is 19.1. The molecule has 0 amide bonds. The molecule has 2 aliphatic rings. The maximum atomic E-state index is 13.5. The smallest absolute Gasteiger partial charge is 0.123 e. The molecular formula is C16H21FN2. The van der Waals surface area contributed by atoms with Gasteiger partial charge in [0.15, 0.2) is 0 Å². The molecule has 3 heteroatoms. The number of likely N-dealkylation sites (tertiary alicyclic amines) is 1. The van der Waals surface area contributed by atoms with Gasteiger partial charge in [-0.15, -0.1) is 6.58 Å². The minimum Gasteiger partial charge on any atom is -0.384 e. The molecule has 1 N–H and O–H groups in total. The summed E-state index contributed by atoms with van der Waals surface area (Å²) in [5, 5.41) is 3.50. The van der Waals surface area contributed by atoms with Gasteiger partial charge in [-0.3, -0.25) is 4.90 Å². The SMILES string of the molecule is C=CCN1CCC2CC(CNc3ccc(F)cc32)C1. The summed E-state index contributed by atoms with van der Waals surface area (Å²) in [6.07, 6.45) is 4.25. The Hall–Kier alpha value is -1.35. The van der Waals surface area contributed by atoms with Crippen molar-refractivity contribution in [2.75, 3.05) is 31.5 Å². The monoisotopic (exact) mass is 260 g/mol. The van der Waals surface area contributed by atoms with E-state index in [2.05, 4.69) is 16.8 Å². The maximum Gasteiger partial charge on any atom is 0.123 e. The van der Waals surface area contributed by atoms with Crippen LogP contribution in [0.2, 0.25) is 0 Å². The van der Waals surface area contributed by atoms with Crippen LogP contribution in [0.3, 0.4) is 0 Å². The Labute approximate surface area is 114 Å². The van der Waals surface area contributed by atoms with E-state index in [0.29, 0.717) is 11.8 Å². The molecule has 2 atom stereocenters. The molecule has 2 unspecified atom stereocenters. The molecule has 0 saturated carbocycles. The van der Waals surface area contributed by atoms with Gasteiger partial charge >= 0.3 is 0 Å². The Morgan fingerprint density at radius 2 is 2.37 bits per heavy atom. The number of nitrogens with zero attached hydrogens (tertiary/aromatic N) is 1. The van der Waals surface area contributed by atoms with Gasteiger partial charge in [-0.05, 0) is 55.0 Å². The van der Waals surface area contributed by atoms with E-state index in [1.165, 1.54) is 5.56 Å². The Morgan fingerprint density at radius 1 is 1.47 bits per heavy atom. The second-order valence-electron chi connectivity index (χ2n) is 5.75. The summed E-state index contributed by atoms with van der Waals surface area (Å²) >= 11 is 0. The summed E-state index contributed by atoms with van der Waals surface area (Å²) in [5.74, 6) is 1.01. The molecular weight excluding hydrogens is 239 g/mol. The number of anilines is 1. The average Bonchev–Trinajstić information content (AvgIpc) is 2.69. The van der Waals surface area contributed by atoms with Crippen molar-refractivity contribution in [1.29, 1.82) is 0 Å². The predicted molar refractivity (Wildman–Crippen MR) is 77.0 cm³/mol. The largest absolute Gasteiger partial charge is 0.384 e. The third-order valence-corrected chi connectivity index (χ3v) is 4.35. The van der Waals surface area contributed by atoms with Crippen molar-refractivity contribution in [2.45, 2.75) is 18.8 Å². The first kappa shape index (κ1) is 12.7. The Bertz CT molecular complexity index is 472. The zero-order valence-electron chi connectivity index (χ0n) is 11.2. The van der Waals surface area contributed by atoms with Gasteiger partial charge in [0.2, 0.25) is 0 Å². The minimum atomic E-state index is -0.119. The fraction of sp³-hybridized carbons (Fsp3) is 0.500. The normalized spacial score (nSPS) is 26.8. The molecule has 19 heavy (non-hydrogen) atoms. The van der Waals surface area contributed by atoms with Gasteiger partial charge < -0.3 is 5.32 Å². The van der Waals surface area contributed by atoms with E-state index in [0.717, 1.165) is 44.7 Å². The van der Waals surface area contributed by atoms with E-state index in [4.69, 9.17) is 0 Å². The van der Waals surface area contributed by atoms with Crippen molar-refractivity contribution in [3.8, 4) is 0 Å². The first-order valence-corrected chi connectivity index (χ1v) is 7.13. The summed E-state index contributed by atoms with van der Waals surface area (Å²) in [6.45, 7) is 7.98. The van der Waals surface area contributed by atoms with E-state index < -0.39 is 0 Å². The van der Waals surface area contributed by atoms with Gasteiger partial charge in [-0.1, -0.05) is 6.08 Å². The first-order chi connectivity index (χ1) is 9.26. The molecule has 2 aliphatic heterocycles. The molecule has 2 bridgehead atoms. The molecule has 1 aromatic rings. The second-order valence-corrected chi connectivity index (χ2v) is 5.75. The molecule has 3 rings (SSSR count). The molecule has 0 spiro atoms. The van der Waals surface area contributed by atoms with Crippen LogP contribution in [0.4, 0.5) is 10.1 Å². The van der Waals surface area contributed by atoms with Crippen molar-refractivity contribution in [3.05, 3.63) is 42.2 Å². The minimum absolute atomic E-state index is 0.119. The van der Waals surface area contributed by atoms with Crippen LogP contribution in [0.1, 0.15) is 24.3 Å². The summed E-state index contributed by atoms with van der Waals surface area (Å²) in [4.78, 5) is 2.46. The van der Waals surface area contributed by atoms with Crippen LogP contribution in [0.15, 0.2) is 30.9 Å². The van der Waals surface area contributed by atoms with Crippen LogP contribution in [0, 0.1) is 11.7 Å². The molecule has 1 fully saturated rings. The lowest BCUT2D eigenvalue weighted by Crippen LogP contribution is -2.31. The highest BCUT2D eigenvalue weighted by Gasteiger charge is 2.29. The number of hydrogen-bond donors (Lipinski definition) is 1.